The summed E-state index contributed by atoms with van der Waals surface area (Å²) in [7, 11) is 0. The fourth-order valence-electron chi connectivity index (χ4n) is 4.84. The highest BCUT2D eigenvalue weighted by atomic mass is 19.1. The van der Waals surface area contributed by atoms with E-state index in [1.807, 2.05) is 30.3 Å². The molecule has 8 heteroatoms. The Morgan fingerprint density at radius 2 is 1.62 bits per heavy atom. The van der Waals surface area contributed by atoms with Crippen molar-refractivity contribution in [1.29, 1.82) is 0 Å². The van der Waals surface area contributed by atoms with Gasteiger partial charge in [0.15, 0.2) is 0 Å². The molecule has 2 amide bonds. The van der Waals surface area contributed by atoms with Crippen molar-refractivity contribution in [1.82, 2.24) is 14.7 Å². The molecule has 2 heterocycles. The van der Waals surface area contributed by atoms with Gasteiger partial charge in [-0.1, -0.05) is 37.6 Å². The second kappa shape index (κ2) is 15.3. The van der Waals surface area contributed by atoms with E-state index in [1.165, 1.54) is 17.7 Å². The van der Waals surface area contributed by atoms with Crippen LogP contribution in [-0.2, 0) is 29.0 Å². The van der Waals surface area contributed by atoms with Gasteiger partial charge in [0.05, 0.1) is 26.0 Å². The summed E-state index contributed by atoms with van der Waals surface area (Å²) in [6.07, 6.45) is 5.53. The van der Waals surface area contributed by atoms with Gasteiger partial charge in [-0.2, -0.15) is 0 Å². The van der Waals surface area contributed by atoms with Gasteiger partial charge in [-0.3, -0.25) is 14.5 Å². The molecule has 40 heavy (non-hydrogen) atoms. The van der Waals surface area contributed by atoms with Crippen molar-refractivity contribution in [2.24, 2.45) is 0 Å². The van der Waals surface area contributed by atoms with E-state index in [2.05, 4.69) is 11.8 Å². The van der Waals surface area contributed by atoms with Crippen LogP contribution in [0.5, 0.6) is 0 Å². The fraction of sp³-hybridized carbons (Fsp3) is 0.438. The summed E-state index contributed by atoms with van der Waals surface area (Å²) in [6, 6.07) is 17.5. The highest BCUT2D eigenvalue weighted by molar-refractivity contribution is 5.96. The van der Waals surface area contributed by atoms with E-state index in [9.17, 15) is 14.0 Å². The van der Waals surface area contributed by atoms with E-state index in [4.69, 9.17) is 9.15 Å². The Bertz CT molecular complexity index is 1180. The third-order valence-electron chi connectivity index (χ3n) is 7.21. The average molecular weight is 550 g/mol. The number of hydrogen-bond donors (Lipinski definition) is 0. The molecular weight excluding hydrogens is 509 g/mol. The van der Waals surface area contributed by atoms with Crippen molar-refractivity contribution in [3.63, 3.8) is 0 Å². The van der Waals surface area contributed by atoms with Gasteiger partial charge in [-0.25, -0.2) is 4.39 Å². The maximum Gasteiger partial charge on any atom is 0.254 e. The summed E-state index contributed by atoms with van der Waals surface area (Å²) >= 11 is 0. The lowest BCUT2D eigenvalue weighted by atomic mass is 10.1. The third-order valence-corrected chi connectivity index (χ3v) is 7.21. The second-order valence-electron chi connectivity index (χ2n) is 10.3. The molecule has 1 saturated heterocycles. The van der Waals surface area contributed by atoms with Crippen LogP contribution in [0.3, 0.4) is 0 Å². The van der Waals surface area contributed by atoms with Crippen LogP contribution in [0.1, 0.15) is 53.4 Å². The van der Waals surface area contributed by atoms with Gasteiger partial charge in [0.25, 0.3) is 5.91 Å². The fourth-order valence-corrected chi connectivity index (χ4v) is 4.84. The lowest BCUT2D eigenvalue weighted by molar-refractivity contribution is -0.133. The number of benzene rings is 2. The molecule has 2 aromatic carbocycles. The molecule has 7 nitrogen and oxygen atoms in total. The maximum atomic E-state index is 13.7. The van der Waals surface area contributed by atoms with Gasteiger partial charge in [0.2, 0.25) is 5.91 Å². The minimum absolute atomic E-state index is 0.0541. The molecule has 0 saturated carbocycles. The van der Waals surface area contributed by atoms with E-state index < -0.39 is 0 Å². The zero-order valence-electron chi connectivity index (χ0n) is 23.4. The van der Waals surface area contributed by atoms with Crippen molar-refractivity contribution in [2.75, 3.05) is 45.9 Å². The molecule has 0 atom stereocenters. The Morgan fingerprint density at radius 3 is 2.30 bits per heavy atom. The van der Waals surface area contributed by atoms with Crippen molar-refractivity contribution >= 4 is 11.8 Å². The van der Waals surface area contributed by atoms with Crippen LogP contribution in [-0.4, -0.2) is 72.5 Å². The number of furan rings is 1. The average Bonchev–Trinajstić information content (AvgIpc) is 3.50. The second-order valence-corrected chi connectivity index (χ2v) is 10.3. The molecule has 1 fully saturated rings. The lowest BCUT2D eigenvalue weighted by Gasteiger charge is -2.30. The molecule has 1 aromatic heterocycles. The number of halogens is 1. The van der Waals surface area contributed by atoms with Crippen LogP contribution < -0.4 is 0 Å². The smallest absolute Gasteiger partial charge is 0.254 e. The number of carbonyl (C=O) groups is 2. The normalized spacial score (nSPS) is 13.8. The number of amides is 2. The number of rotatable bonds is 14. The first-order valence-electron chi connectivity index (χ1n) is 14.2. The molecule has 3 aromatic rings. The molecule has 0 aliphatic carbocycles. The number of hydrogen-bond acceptors (Lipinski definition) is 5. The largest absolute Gasteiger partial charge is 0.467 e. The Balaban J connectivity index is 1.48. The lowest BCUT2D eigenvalue weighted by Crippen LogP contribution is -2.44. The molecular formula is C32H40FN3O4. The van der Waals surface area contributed by atoms with Gasteiger partial charge in [-0.05, 0) is 66.8 Å². The van der Waals surface area contributed by atoms with Crippen molar-refractivity contribution < 1.29 is 23.1 Å². The summed E-state index contributed by atoms with van der Waals surface area (Å²) in [6.45, 7) is 7.13. The minimum atomic E-state index is -0.328. The third kappa shape index (κ3) is 9.03. The Morgan fingerprint density at radius 1 is 0.900 bits per heavy atom. The van der Waals surface area contributed by atoms with Gasteiger partial charge < -0.3 is 19.0 Å². The van der Waals surface area contributed by atoms with E-state index >= 15 is 0 Å². The molecule has 0 bridgehead atoms. The van der Waals surface area contributed by atoms with Crippen LogP contribution in [0.15, 0.2) is 71.3 Å². The van der Waals surface area contributed by atoms with Crippen molar-refractivity contribution in [3.8, 4) is 0 Å². The molecule has 0 unspecified atom stereocenters. The molecule has 1 aliphatic rings. The Labute approximate surface area is 236 Å². The van der Waals surface area contributed by atoms with Crippen LogP contribution in [0.4, 0.5) is 4.39 Å². The molecule has 0 N–H and O–H groups in total. The number of morpholine rings is 1. The van der Waals surface area contributed by atoms with E-state index in [1.54, 1.807) is 34.3 Å². The first-order valence-corrected chi connectivity index (χ1v) is 14.2. The van der Waals surface area contributed by atoms with Gasteiger partial charge in [0, 0.05) is 38.3 Å². The molecule has 0 spiro atoms. The van der Waals surface area contributed by atoms with Crippen LogP contribution in [0, 0.1) is 5.82 Å². The predicted molar refractivity (Wildman–Crippen MR) is 152 cm³/mol. The zero-order valence-corrected chi connectivity index (χ0v) is 23.4. The van der Waals surface area contributed by atoms with Gasteiger partial charge >= 0.3 is 0 Å². The van der Waals surface area contributed by atoms with Crippen LogP contribution >= 0.6 is 0 Å². The summed E-state index contributed by atoms with van der Waals surface area (Å²) in [5.41, 5.74) is 2.59. The topological polar surface area (TPSA) is 66.2 Å². The van der Waals surface area contributed by atoms with E-state index in [-0.39, 0.29) is 37.3 Å². The van der Waals surface area contributed by atoms with Crippen molar-refractivity contribution in [3.05, 3.63) is 95.2 Å². The first-order chi connectivity index (χ1) is 19.5. The number of aryl methyl sites for hydroxylation is 1. The SMILES string of the molecule is CCCCc1ccc(C(=O)N(CCCN2CCOCC2)CC(=O)N(Cc2ccc(F)cc2)Cc2ccco2)cc1. The summed E-state index contributed by atoms with van der Waals surface area (Å²) in [5, 5.41) is 0. The van der Waals surface area contributed by atoms with Gasteiger partial charge in [-0.15, -0.1) is 0 Å². The molecule has 4 rings (SSSR count). The number of carbonyl (C=O) groups excluding carboxylic acids is 2. The summed E-state index contributed by atoms with van der Waals surface area (Å²) < 4.78 is 24.5. The number of unbranched alkanes of at least 4 members (excludes halogenated alkanes) is 1. The highest BCUT2D eigenvalue weighted by Crippen LogP contribution is 2.15. The van der Waals surface area contributed by atoms with Crippen LogP contribution in [0.2, 0.25) is 0 Å². The van der Waals surface area contributed by atoms with Gasteiger partial charge in [0.1, 0.15) is 18.1 Å². The minimum Gasteiger partial charge on any atom is -0.467 e. The quantitative estimate of drug-likeness (QED) is 0.278. The first kappa shape index (κ1) is 29.5. The highest BCUT2D eigenvalue weighted by Gasteiger charge is 2.24. The van der Waals surface area contributed by atoms with E-state index in [0.29, 0.717) is 17.9 Å². The number of ether oxygens (including phenoxy) is 1. The Kier molecular flexibility index (Phi) is 11.3. The summed E-state index contributed by atoms with van der Waals surface area (Å²) in [4.78, 5) is 33.0. The maximum absolute atomic E-state index is 13.7. The zero-order chi connectivity index (χ0) is 28.2. The number of nitrogens with zero attached hydrogens (tertiary/aromatic N) is 3. The monoisotopic (exact) mass is 549 g/mol. The van der Waals surface area contributed by atoms with E-state index in [0.717, 1.165) is 64.1 Å². The molecule has 214 valence electrons. The molecule has 1 aliphatic heterocycles. The molecule has 0 radical (unpaired) electrons. The van der Waals surface area contributed by atoms with Crippen molar-refractivity contribution in [2.45, 2.75) is 45.7 Å². The predicted octanol–water partition coefficient (Wildman–Crippen LogP) is 5.15. The summed E-state index contributed by atoms with van der Waals surface area (Å²) in [5.74, 6) is -0.0362. The Hall–Kier alpha value is -3.49. The van der Waals surface area contributed by atoms with Crippen LogP contribution in [0.25, 0.3) is 0 Å². The standard InChI is InChI=1S/C32H40FN3O4/c1-2-3-6-26-8-12-28(13-9-26)32(38)35(17-5-16-34-18-21-39-22-19-34)25-31(37)36(24-30-7-4-20-40-30)23-27-10-14-29(33)15-11-27/h4,7-15,20H,2-3,5-6,16-19,21-25H2,1H3.